The molecule has 108 valence electrons. The van der Waals surface area contributed by atoms with Gasteiger partial charge in [-0.25, -0.2) is 4.39 Å². The van der Waals surface area contributed by atoms with E-state index < -0.39 is 0 Å². The lowest BCUT2D eigenvalue weighted by molar-refractivity contribution is 0.199. The van der Waals surface area contributed by atoms with Gasteiger partial charge < -0.3 is 10.1 Å². The van der Waals surface area contributed by atoms with Crippen molar-refractivity contribution in [2.24, 2.45) is 0 Å². The van der Waals surface area contributed by atoms with Crippen molar-refractivity contribution in [2.75, 3.05) is 26.8 Å². The summed E-state index contributed by atoms with van der Waals surface area (Å²) < 4.78 is 19.5. The minimum absolute atomic E-state index is 0.291. The summed E-state index contributed by atoms with van der Waals surface area (Å²) in [7, 11) is 1.67. The monoisotopic (exact) mass is 359 g/mol. The van der Waals surface area contributed by atoms with E-state index in [-0.39, 0.29) is 5.82 Å². The standard InChI is InChI=1S/C13H15BrFN3OS/c1-19-8-7-16-6-5-11-17-18-13(20-11)12-9(14)3-2-4-10(12)15/h2-4,16H,5-8H2,1H3. The van der Waals surface area contributed by atoms with E-state index in [0.717, 1.165) is 24.5 Å². The zero-order valence-corrected chi connectivity index (χ0v) is 13.4. The Hall–Kier alpha value is -0.890. The molecule has 1 aromatic carbocycles. The molecule has 4 nitrogen and oxygen atoms in total. The molecule has 0 fully saturated rings. The molecule has 0 amide bonds. The Labute approximate surface area is 129 Å². The fraction of sp³-hybridized carbons (Fsp3) is 0.385. The molecule has 0 aliphatic heterocycles. The van der Waals surface area contributed by atoms with Gasteiger partial charge in [0, 0.05) is 31.1 Å². The van der Waals surface area contributed by atoms with Crippen molar-refractivity contribution in [3.05, 3.63) is 33.5 Å². The largest absolute Gasteiger partial charge is 0.383 e. The summed E-state index contributed by atoms with van der Waals surface area (Å²) in [5, 5.41) is 12.9. The lowest BCUT2D eigenvalue weighted by atomic mass is 10.2. The molecule has 2 aromatic rings. The van der Waals surface area contributed by atoms with Gasteiger partial charge in [0.05, 0.1) is 12.2 Å². The minimum atomic E-state index is -0.291. The van der Waals surface area contributed by atoms with Crippen LogP contribution in [-0.4, -0.2) is 37.0 Å². The fourth-order valence-corrected chi connectivity index (χ4v) is 3.21. The van der Waals surface area contributed by atoms with Gasteiger partial charge in [-0.1, -0.05) is 17.4 Å². The van der Waals surface area contributed by atoms with Crippen molar-refractivity contribution < 1.29 is 9.13 Å². The number of aromatic nitrogens is 2. The summed E-state index contributed by atoms with van der Waals surface area (Å²) >= 11 is 4.76. The first-order valence-corrected chi connectivity index (χ1v) is 7.79. The molecule has 2 rings (SSSR count). The van der Waals surface area contributed by atoms with E-state index in [4.69, 9.17) is 4.74 Å². The summed E-state index contributed by atoms with van der Waals surface area (Å²) in [5.41, 5.74) is 0.476. The maximum atomic E-state index is 13.8. The fourth-order valence-electron chi connectivity index (χ4n) is 1.65. The summed E-state index contributed by atoms with van der Waals surface area (Å²) in [6.07, 6.45) is 0.771. The molecule has 0 aliphatic rings. The predicted molar refractivity (Wildman–Crippen MR) is 81.5 cm³/mol. The second-order valence-electron chi connectivity index (χ2n) is 4.09. The van der Waals surface area contributed by atoms with E-state index in [2.05, 4.69) is 31.4 Å². The van der Waals surface area contributed by atoms with E-state index in [1.807, 2.05) is 0 Å². The van der Waals surface area contributed by atoms with Gasteiger partial charge in [-0.3, -0.25) is 0 Å². The van der Waals surface area contributed by atoms with Crippen LogP contribution in [0.4, 0.5) is 4.39 Å². The third-order valence-corrected chi connectivity index (χ3v) is 4.30. The summed E-state index contributed by atoms with van der Waals surface area (Å²) in [6, 6.07) is 4.88. The average molecular weight is 360 g/mol. The van der Waals surface area contributed by atoms with Gasteiger partial charge in [0.25, 0.3) is 0 Å². The number of halogens is 2. The highest BCUT2D eigenvalue weighted by molar-refractivity contribution is 9.10. The van der Waals surface area contributed by atoms with Crippen LogP contribution in [0.3, 0.4) is 0 Å². The molecule has 7 heteroatoms. The van der Waals surface area contributed by atoms with E-state index in [0.29, 0.717) is 21.7 Å². The zero-order chi connectivity index (χ0) is 14.4. The molecule has 0 aliphatic carbocycles. The van der Waals surface area contributed by atoms with Crippen molar-refractivity contribution in [1.82, 2.24) is 15.5 Å². The Balaban J connectivity index is 1.98. The molecule has 0 spiro atoms. The van der Waals surface area contributed by atoms with Crippen LogP contribution in [0.15, 0.2) is 22.7 Å². The number of rotatable bonds is 7. The van der Waals surface area contributed by atoms with Crippen molar-refractivity contribution in [2.45, 2.75) is 6.42 Å². The van der Waals surface area contributed by atoms with Crippen LogP contribution in [0.25, 0.3) is 10.6 Å². The maximum Gasteiger partial charge on any atom is 0.151 e. The molecular formula is C13H15BrFN3OS. The lowest BCUT2D eigenvalue weighted by Gasteiger charge is -2.01. The van der Waals surface area contributed by atoms with Crippen molar-refractivity contribution >= 4 is 27.3 Å². The van der Waals surface area contributed by atoms with Gasteiger partial charge in [-0.15, -0.1) is 10.2 Å². The SMILES string of the molecule is COCCNCCc1nnc(-c2c(F)cccc2Br)s1. The molecule has 1 aromatic heterocycles. The van der Waals surface area contributed by atoms with Gasteiger partial charge in [0.1, 0.15) is 10.8 Å². The third-order valence-electron chi connectivity index (χ3n) is 2.64. The van der Waals surface area contributed by atoms with Crippen molar-refractivity contribution in [3.8, 4) is 10.6 Å². The summed E-state index contributed by atoms with van der Waals surface area (Å²) in [4.78, 5) is 0. The van der Waals surface area contributed by atoms with Crippen LogP contribution >= 0.6 is 27.3 Å². The van der Waals surface area contributed by atoms with Crippen LogP contribution < -0.4 is 5.32 Å². The molecule has 0 saturated carbocycles. The Morgan fingerprint density at radius 1 is 1.35 bits per heavy atom. The summed E-state index contributed by atoms with van der Waals surface area (Å²) in [6.45, 7) is 2.29. The van der Waals surface area contributed by atoms with Gasteiger partial charge in [-0.05, 0) is 28.1 Å². The molecule has 1 heterocycles. The Bertz CT molecular complexity index is 544. The molecule has 1 N–H and O–H groups in total. The first-order chi connectivity index (χ1) is 9.72. The molecule has 0 saturated heterocycles. The number of methoxy groups -OCH3 is 1. The van der Waals surface area contributed by atoms with E-state index in [1.54, 1.807) is 19.2 Å². The van der Waals surface area contributed by atoms with Gasteiger partial charge in [0.2, 0.25) is 0 Å². The number of hydrogen-bond donors (Lipinski definition) is 1. The summed E-state index contributed by atoms with van der Waals surface area (Å²) in [5.74, 6) is -0.291. The van der Waals surface area contributed by atoms with Crippen molar-refractivity contribution in [1.29, 1.82) is 0 Å². The lowest BCUT2D eigenvalue weighted by Crippen LogP contribution is -2.21. The highest BCUT2D eigenvalue weighted by atomic mass is 79.9. The van der Waals surface area contributed by atoms with Crippen LogP contribution in [0.5, 0.6) is 0 Å². The molecule has 0 atom stereocenters. The molecule has 0 radical (unpaired) electrons. The Kier molecular flexibility index (Phi) is 6.03. The molecule has 0 bridgehead atoms. The van der Waals surface area contributed by atoms with Crippen LogP contribution in [0.2, 0.25) is 0 Å². The number of hydrogen-bond acceptors (Lipinski definition) is 5. The van der Waals surface area contributed by atoms with Crippen molar-refractivity contribution in [3.63, 3.8) is 0 Å². The normalized spacial score (nSPS) is 10.9. The molecule has 0 unspecified atom stereocenters. The molecular weight excluding hydrogens is 345 g/mol. The van der Waals surface area contributed by atoms with E-state index >= 15 is 0 Å². The Morgan fingerprint density at radius 2 is 2.20 bits per heavy atom. The number of ether oxygens (including phenoxy) is 1. The number of benzene rings is 1. The third kappa shape index (κ3) is 4.05. The van der Waals surface area contributed by atoms with E-state index in [9.17, 15) is 4.39 Å². The minimum Gasteiger partial charge on any atom is -0.383 e. The number of nitrogens with one attached hydrogen (secondary N) is 1. The highest BCUT2D eigenvalue weighted by Gasteiger charge is 2.14. The highest BCUT2D eigenvalue weighted by Crippen LogP contribution is 2.32. The number of nitrogens with zero attached hydrogens (tertiary/aromatic N) is 2. The maximum absolute atomic E-state index is 13.8. The van der Waals surface area contributed by atoms with E-state index in [1.165, 1.54) is 17.4 Å². The Morgan fingerprint density at radius 3 is 2.95 bits per heavy atom. The smallest absolute Gasteiger partial charge is 0.151 e. The predicted octanol–water partition coefficient (Wildman–Crippen LogP) is 2.89. The second-order valence-corrected chi connectivity index (χ2v) is 6.01. The quantitative estimate of drug-likeness (QED) is 0.772. The van der Waals surface area contributed by atoms with Gasteiger partial charge in [-0.2, -0.15) is 0 Å². The van der Waals surface area contributed by atoms with Crippen LogP contribution in [0.1, 0.15) is 5.01 Å². The zero-order valence-electron chi connectivity index (χ0n) is 11.0. The molecule has 20 heavy (non-hydrogen) atoms. The topological polar surface area (TPSA) is 47.0 Å². The first kappa shape index (κ1) is 15.5. The average Bonchev–Trinajstić information content (AvgIpc) is 2.87. The second kappa shape index (κ2) is 7.78. The van der Waals surface area contributed by atoms with Gasteiger partial charge in [0.15, 0.2) is 5.01 Å². The van der Waals surface area contributed by atoms with Crippen LogP contribution in [-0.2, 0) is 11.2 Å². The van der Waals surface area contributed by atoms with Gasteiger partial charge >= 0.3 is 0 Å². The van der Waals surface area contributed by atoms with Crippen LogP contribution in [0, 0.1) is 5.82 Å². The first-order valence-electron chi connectivity index (χ1n) is 6.19.